The number of nitrogens with one attached hydrogen (secondary N) is 3. The third-order valence-electron chi connectivity index (χ3n) is 5.78. The van der Waals surface area contributed by atoms with Crippen molar-refractivity contribution in [3.63, 3.8) is 0 Å². The largest absolute Gasteiger partial charge is 0.374 e. The summed E-state index contributed by atoms with van der Waals surface area (Å²) in [5.74, 6) is 0.693. The molecule has 3 rings (SSSR count). The highest BCUT2D eigenvalue weighted by atomic mass is 16.2. The highest BCUT2D eigenvalue weighted by Gasteiger charge is 2.34. The minimum Gasteiger partial charge on any atom is -0.374 e. The number of hydrogen-bond acceptors (Lipinski definition) is 6. The van der Waals surface area contributed by atoms with Crippen LogP contribution in [0.15, 0.2) is 18.5 Å². The number of anilines is 1. The molecule has 8 nitrogen and oxygen atoms in total. The number of amides is 2. The van der Waals surface area contributed by atoms with Crippen molar-refractivity contribution in [3.8, 4) is 0 Å². The molecule has 1 aliphatic carbocycles. The SMILES string of the molecule is CC(=O)C(=N)c1ccncc1NCC(=O)N1CCC[C@H]1C(=O)NCC1CC(C)C1. The van der Waals surface area contributed by atoms with Gasteiger partial charge in [-0.1, -0.05) is 6.92 Å². The Morgan fingerprint density at radius 2 is 2.07 bits per heavy atom. The number of hydrogen-bond donors (Lipinski definition) is 3. The van der Waals surface area contributed by atoms with E-state index in [4.69, 9.17) is 5.41 Å². The summed E-state index contributed by atoms with van der Waals surface area (Å²) in [6.07, 6.45) is 6.78. The second kappa shape index (κ2) is 9.15. The highest BCUT2D eigenvalue weighted by Crippen LogP contribution is 2.32. The molecular weight excluding hydrogens is 370 g/mol. The Labute approximate surface area is 171 Å². The topological polar surface area (TPSA) is 115 Å². The van der Waals surface area contributed by atoms with E-state index in [1.807, 2.05) is 0 Å². The smallest absolute Gasteiger partial charge is 0.242 e. The van der Waals surface area contributed by atoms with Crippen molar-refractivity contribution in [2.24, 2.45) is 11.8 Å². The van der Waals surface area contributed by atoms with Crippen molar-refractivity contribution in [1.29, 1.82) is 5.41 Å². The van der Waals surface area contributed by atoms with Crippen LogP contribution in [0.3, 0.4) is 0 Å². The summed E-state index contributed by atoms with van der Waals surface area (Å²) < 4.78 is 0. The van der Waals surface area contributed by atoms with Crippen molar-refractivity contribution in [1.82, 2.24) is 15.2 Å². The molecule has 1 atom stereocenters. The van der Waals surface area contributed by atoms with Crippen molar-refractivity contribution in [2.75, 3.05) is 25.0 Å². The van der Waals surface area contributed by atoms with Gasteiger partial charge in [0.1, 0.15) is 11.8 Å². The van der Waals surface area contributed by atoms with Crippen LogP contribution in [0.1, 0.15) is 45.1 Å². The lowest BCUT2D eigenvalue weighted by Gasteiger charge is -2.33. The monoisotopic (exact) mass is 399 g/mol. The molecule has 2 aliphatic rings. The van der Waals surface area contributed by atoms with Crippen LogP contribution in [0.4, 0.5) is 5.69 Å². The van der Waals surface area contributed by atoms with Gasteiger partial charge in [0.25, 0.3) is 0 Å². The minimum absolute atomic E-state index is 0.0200. The molecule has 0 aromatic carbocycles. The zero-order valence-electron chi connectivity index (χ0n) is 17.0. The summed E-state index contributed by atoms with van der Waals surface area (Å²) in [5.41, 5.74) is 0.734. The van der Waals surface area contributed by atoms with Crippen molar-refractivity contribution >= 4 is 29.0 Å². The molecule has 1 aromatic heterocycles. The van der Waals surface area contributed by atoms with Crippen LogP contribution in [0.5, 0.6) is 0 Å². The Balaban J connectivity index is 1.55. The van der Waals surface area contributed by atoms with E-state index in [9.17, 15) is 14.4 Å². The van der Waals surface area contributed by atoms with Crippen LogP contribution in [-0.4, -0.2) is 58.9 Å². The Kier molecular flexibility index (Phi) is 6.61. The van der Waals surface area contributed by atoms with Crippen molar-refractivity contribution in [2.45, 2.75) is 45.6 Å². The second-order valence-electron chi connectivity index (χ2n) is 8.14. The maximum atomic E-state index is 12.7. The average Bonchev–Trinajstić information content (AvgIpc) is 3.18. The molecule has 2 fully saturated rings. The number of nitrogens with zero attached hydrogens (tertiary/aromatic N) is 2. The molecule has 1 saturated heterocycles. The molecule has 2 amide bonds. The van der Waals surface area contributed by atoms with E-state index in [1.54, 1.807) is 11.0 Å². The molecule has 2 heterocycles. The molecule has 0 radical (unpaired) electrons. The van der Waals surface area contributed by atoms with E-state index < -0.39 is 6.04 Å². The fraction of sp³-hybridized carbons (Fsp3) is 0.571. The molecule has 1 saturated carbocycles. The molecule has 8 heteroatoms. The third kappa shape index (κ3) is 4.99. The average molecular weight is 399 g/mol. The molecular formula is C21H29N5O3. The first-order valence-electron chi connectivity index (χ1n) is 10.2. The van der Waals surface area contributed by atoms with Gasteiger partial charge in [0.05, 0.1) is 18.4 Å². The van der Waals surface area contributed by atoms with Crippen LogP contribution in [0.2, 0.25) is 0 Å². The van der Waals surface area contributed by atoms with Crippen LogP contribution in [0, 0.1) is 17.2 Å². The Hall–Kier alpha value is -2.77. The maximum absolute atomic E-state index is 12.7. The summed E-state index contributed by atoms with van der Waals surface area (Å²) in [6, 6.07) is 1.15. The van der Waals surface area contributed by atoms with Crippen LogP contribution in [-0.2, 0) is 14.4 Å². The lowest BCUT2D eigenvalue weighted by molar-refractivity contribution is -0.137. The predicted molar refractivity (Wildman–Crippen MR) is 110 cm³/mol. The van der Waals surface area contributed by atoms with Gasteiger partial charge in [-0.2, -0.15) is 0 Å². The van der Waals surface area contributed by atoms with E-state index in [0.29, 0.717) is 36.7 Å². The quantitative estimate of drug-likeness (QED) is 0.575. The van der Waals surface area contributed by atoms with E-state index in [2.05, 4.69) is 22.5 Å². The number of aromatic nitrogens is 1. The summed E-state index contributed by atoms with van der Waals surface area (Å²) in [4.78, 5) is 42.5. The first kappa shape index (κ1) is 21.0. The van der Waals surface area contributed by atoms with E-state index in [-0.39, 0.29) is 29.9 Å². The van der Waals surface area contributed by atoms with Gasteiger partial charge in [0, 0.05) is 31.8 Å². The normalized spacial score (nSPS) is 23.2. The van der Waals surface area contributed by atoms with E-state index in [0.717, 1.165) is 25.2 Å². The van der Waals surface area contributed by atoms with Gasteiger partial charge in [-0.3, -0.25) is 24.8 Å². The summed E-state index contributed by atoms with van der Waals surface area (Å²) in [6.45, 7) is 4.77. The first-order valence-corrected chi connectivity index (χ1v) is 10.2. The third-order valence-corrected chi connectivity index (χ3v) is 5.78. The Bertz CT molecular complexity index is 803. The number of carbonyl (C=O) groups is 3. The zero-order valence-corrected chi connectivity index (χ0v) is 17.0. The molecule has 0 unspecified atom stereocenters. The number of carbonyl (C=O) groups excluding carboxylic acids is 3. The number of Topliss-reactive ketones (excluding diaryl/α,β-unsaturated/α-hetero) is 1. The number of pyridine rings is 1. The number of rotatable bonds is 8. The molecule has 156 valence electrons. The Morgan fingerprint density at radius 3 is 2.76 bits per heavy atom. The first-order chi connectivity index (χ1) is 13.9. The number of likely N-dealkylation sites (tertiary alicyclic amines) is 1. The fourth-order valence-corrected chi connectivity index (χ4v) is 4.15. The van der Waals surface area contributed by atoms with E-state index >= 15 is 0 Å². The van der Waals surface area contributed by atoms with Crippen molar-refractivity contribution in [3.05, 3.63) is 24.0 Å². The molecule has 0 bridgehead atoms. The summed E-state index contributed by atoms with van der Waals surface area (Å²) in [5, 5.41) is 13.9. The highest BCUT2D eigenvalue weighted by molar-refractivity contribution is 6.45. The minimum atomic E-state index is -0.425. The molecule has 1 aromatic rings. The van der Waals surface area contributed by atoms with Gasteiger partial charge in [-0.15, -0.1) is 0 Å². The second-order valence-corrected chi connectivity index (χ2v) is 8.14. The Morgan fingerprint density at radius 1 is 1.31 bits per heavy atom. The van der Waals surface area contributed by atoms with Crippen LogP contribution in [0.25, 0.3) is 0 Å². The standard InChI is InChI=1S/C21H29N5O3/c1-13-8-15(9-13)10-25-21(29)18-4-3-7-26(18)19(28)12-24-17-11-23-6-5-16(17)20(22)14(2)27/h5-6,11,13,15,18,22,24H,3-4,7-10,12H2,1-2H3,(H,25,29)/t13?,15?,18-/m0/s1. The summed E-state index contributed by atoms with van der Waals surface area (Å²) in [7, 11) is 0. The van der Waals surface area contributed by atoms with Gasteiger partial charge in [0.2, 0.25) is 11.8 Å². The lowest BCUT2D eigenvalue weighted by Crippen LogP contribution is -2.49. The summed E-state index contributed by atoms with van der Waals surface area (Å²) >= 11 is 0. The van der Waals surface area contributed by atoms with Gasteiger partial charge in [-0.05, 0) is 43.6 Å². The van der Waals surface area contributed by atoms with Gasteiger partial charge in [0.15, 0.2) is 5.78 Å². The van der Waals surface area contributed by atoms with Gasteiger partial charge >= 0.3 is 0 Å². The van der Waals surface area contributed by atoms with Crippen molar-refractivity contribution < 1.29 is 14.4 Å². The molecule has 1 aliphatic heterocycles. The zero-order chi connectivity index (χ0) is 21.0. The van der Waals surface area contributed by atoms with Crippen LogP contribution >= 0.6 is 0 Å². The lowest BCUT2D eigenvalue weighted by atomic mass is 9.76. The molecule has 3 N–H and O–H groups in total. The maximum Gasteiger partial charge on any atom is 0.242 e. The predicted octanol–water partition coefficient (Wildman–Crippen LogP) is 1.60. The fourth-order valence-electron chi connectivity index (χ4n) is 4.15. The van der Waals surface area contributed by atoms with Crippen LogP contribution < -0.4 is 10.6 Å². The molecule has 0 spiro atoms. The number of ketones is 1. The van der Waals surface area contributed by atoms with E-state index in [1.165, 1.54) is 19.3 Å². The van der Waals surface area contributed by atoms with Gasteiger partial charge in [-0.25, -0.2) is 0 Å². The van der Waals surface area contributed by atoms with Gasteiger partial charge < -0.3 is 15.5 Å². The molecule has 29 heavy (non-hydrogen) atoms.